The third-order valence-corrected chi connectivity index (χ3v) is 4.40. The Morgan fingerprint density at radius 3 is 2.94 bits per heavy atom. The summed E-state index contributed by atoms with van der Waals surface area (Å²) in [5.41, 5.74) is 6.84. The van der Waals surface area contributed by atoms with Crippen LogP contribution in [0.5, 0.6) is 0 Å². The Bertz CT molecular complexity index is 453. The van der Waals surface area contributed by atoms with Gasteiger partial charge in [0, 0.05) is 17.0 Å². The summed E-state index contributed by atoms with van der Waals surface area (Å²) in [4.78, 5) is 0. The van der Waals surface area contributed by atoms with E-state index in [4.69, 9.17) is 22.1 Å². The van der Waals surface area contributed by atoms with Gasteiger partial charge in [0.25, 0.3) is 0 Å². The Labute approximate surface area is 111 Å². The highest BCUT2D eigenvalue weighted by molar-refractivity contribution is 6.30. The Balaban J connectivity index is 1.70. The second-order valence-electron chi connectivity index (χ2n) is 5.38. The summed E-state index contributed by atoms with van der Waals surface area (Å²) in [5.74, 6) is 0.140. The zero-order valence-corrected chi connectivity index (χ0v) is 10.9. The molecule has 2 heterocycles. The van der Waals surface area contributed by atoms with Crippen molar-refractivity contribution < 1.29 is 9.13 Å². The SMILES string of the molecule is NC(Cc1cc(Cl)ccc1F)C1CC2CCC1O2. The molecule has 18 heavy (non-hydrogen) atoms. The molecular weight excluding hydrogens is 253 g/mol. The molecule has 2 fully saturated rings. The number of hydrogen-bond donors (Lipinski definition) is 1. The van der Waals surface area contributed by atoms with Crippen LogP contribution in [0.25, 0.3) is 0 Å². The first kappa shape index (κ1) is 12.4. The molecule has 2 bridgehead atoms. The number of rotatable bonds is 3. The zero-order valence-electron chi connectivity index (χ0n) is 10.1. The first-order valence-corrected chi connectivity index (χ1v) is 6.86. The molecule has 2 nitrogen and oxygen atoms in total. The van der Waals surface area contributed by atoms with E-state index in [1.54, 1.807) is 12.1 Å². The van der Waals surface area contributed by atoms with E-state index in [0.29, 0.717) is 29.0 Å². The van der Waals surface area contributed by atoms with Crippen molar-refractivity contribution in [2.24, 2.45) is 11.7 Å². The van der Waals surface area contributed by atoms with Crippen LogP contribution in [0.3, 0.4) is 0 Å². The van der Waals surface area contributed by atoms with E-state index in [0.717, 1.165) is 19.3 Å². The molecule has 0 amide bonds. The molecule has 3 rings (SSSR count). The predicted octanol–water partition coefficient (Wildman–Crippen LogP) is 2.92. The molecule has 2 aliphatic rings. The quantitative estimate of drug-likeness (QED) is 0.916. The van der Waals surface area contributed by atoms with Crippen molar-refractivity contribution >= 4 is 11.6 Å². The van der Waals surface area contributed by atoms with Gasteiger partial charge in [0.05, 0.1) is 12.2 Å². The minimum absolute atomic E-state index is 0.0479. The lowest BCUT2D eigenvalue weighted by Crippen LogP contribution is -2.38. The summed E-state index contributed by atoms with van der Waals surface area (Å²) in [5, 5.41) is 0.558. The van der Waals surface area contributed by atoms with E-state index in [-0.39, 0.29) is 18.0 Å². The number of ether oxygens (including phenoxy) is 1. The number of fused-ring (bicyclic) bond motifs is 2. The molecular formula is C14H17ClFNO. The van der Waals surface area contributed by atoms with Gasteiger partial charge >= 0.3 is 0 Å². The Morgan fingerprint density at radius 2 is 2.28 bits per heavy atom. The van der Waals surface area contributed by atoms with Crippen molar-refractivity contribution in [3.63, 3.8) is 0 Å². The molecule has 2 N–H and O–H groups in total. The van der Waals surface area contributed by atoms with Crippen molar-refractivity contribution in [1.82, 2.24) is 0 Å². The monoisotopic (exact) mass is 269 g/mol. The van der Waals surface area contributed by atoms with Gasteiger partial charge in [-0.3, -0.25) is 0 Å². The first-order chi connectivity index (χ1) is 8.63. The Hall–Kier alpha value is -0.640. The molecule has 0 radical (unpaired) electrons. The van der Waals surface area contributed by atoms with Crippen LogP contribution in [-0.2, 0) is 11.2 Å². The number of benzene rings is 1. The maximum absolute atomic E-state index is 13.7. The lowest BCUT2D eigenvalue weighted by atomic mass is 9.82. The van der Waals surface area contributed by atoms with E-state index in [1.165, 1.54) is 6.07 Å². The Kier molecular flexibility index (Phi) is 3.31. The molecule has 4 unspecified atom stereocenters. The fourth-order valence-corrected chi connectivity index (χ4v) is 3.43. The fourth-order valence-electron chi connectivity index (χ4n) is 3.23. The van der Waals surface area contributed by atoms with Crippen molar-refractivity contribution in [3.8, 4) is 0 Å². The molecule has 2 saturated heterocycles. The molecule has 98 valence electrons. The van der Waals surface area contributed by atoms with Gasteiger partial charge < -0.3 is 10.5 Å². The van der Waals surface area contributed by atoms with Crippen LogP contribution in [-0.4, -0.2) is 18.2 Å². The molecule has 0 aromatic heterocycles. The number of nitrogens with two attached hydrogens (primary N) is 1. The van der Waals surface area contributed by atoms with E-state index in [2.05, 4.69) is 0 Å². The topological polar surface area (TPSA) is 35.2 Å². The smallest absolute Gasteiger partial charge is 0.126 e. The summed E-state index contributed by atoms with van der Waals surface area (Å²) >= 11 is 5.89. The van der Waals surface area contributed by atoms with Gasteiger partial charge in [-0.25, -0.2) is 4.39 Å². The predicted molar refractivity (Wildman–Crippen MR) is 69.1 cm³/mol. The van der Waals surface area contributed by atoms with Crippen molar-refractivity contribution in [3.05, 3.63) is 34.6 Å². The van der Waals surface area contributed by atoms with Crippen LogP contribution in [0, 0.1) is 11.7 Å². The van der Waals surface area contributed by atoms with Crippen LogP contribution in [0.4, 0.5) is 4.39 Å². The summed E-state index contributed by atoms with van der Waals surface area (Å²) in [6.07, 6.45) is 4.47. The van der Waals surface area contributed by atoms with Crippen molar-refractivity contribution in [1.29, 1.82) is 0 Å². The fraction of sp³-hybridized carbons (Fsp3) is 0.571. The standard InChI is InChI=1S/C14H17ClFNO/c15-9-1-3-12(16)8(5-9)6-13(17)11-7-10-2-4-14(11)18-10/h1,3,5,10-11,13-14H,2,4,6-7,17H2. The van der Waals surface area contributed by atoms with Gasteiger partial charge in [0.15, 0.2) is 0 Å². The summed E-state index contributed by atoms with van der Waals surface area (Å²) in [6.45, 7) is 0. The second kappa shape index (κ2) is 4.80. The maximum atomic E-state index is 13.7. The molecule has 0 saturated carbocycles. The largest absolute Gasteiger partial charge is 0.375 e. The molecule has 0 spiro atoms. The van der Waals surface area contributed by atoms with Gasteiger partial charge in [-0.05, 0) is 49.4 Å². The third-order valence-electron chi connectivity index (χ3n) is 4.17. The van der Waals surface area contributed by atoms with Gasteiger partial charge in [-0.1, -0.05) is 11.6 Å². The third kappa shape index (κ3) is 2.27. The highest BCUT2D eigenvalue weighted by Gasteiger charge is 2.43. The average molecular weight is 270 g/mol. The number of hydrogen-bond acceptors (Lipinski definition) is 2. The molecule has 4 atom stereocenters. The van der Waals surface area contributed by atoms with E-state index >= 15 is 0 Å². The molecule has 4 heteroatoms. The highest BCUT2D eigenvalue weighted by atomic mass is 35.5. The van der Waals surface area contributed by atoms with Crippen LogP contribution < -0.4 is 5.73 Å². The lowest BCUT2D eigenvalue weighted by Gasteiger charge is -2.25. The van der Waals surface area contributed by atoms with Gasteiger partial charge in [-0.15, -0.1) is 0 Å². The lowest BCUT2D eigenvalue weighted by molar-refractivity contribution is 0.0884. The summed E-state index contributed by atoms with van der Waals surface area (Å²) in [6, 6.07) is 4.59. The van der Waals surface area contributed by atoms with Crippen molar-refractivity contribution in [2.75, 3.05) is 0 Å². The van der Waals surface area contributed by atoms with Crippen LogP contribution in [0.15, 0.2) is 18.2 Å². The minimum Gasteiger partial charge on any atom is -0.375 e. The normalized spacial score (nSPS) is 31.8. The van der Waals surface area contributed by atoms with Crippen LogP contribution in [0.2, 0.25) is 5.02 Å². The molecule has 1 aromatic rings. The zero-order chi connectivity index (χ0) is 12.7. The van der Waals surface area contributed by atoms with Crippen LogP contribution >= 0.6 is 11.6 Å². The second-order valence-corrected chi connectivity index (χ2v) is 5.81. The maximum Gasteiger partial charge on any atom is 0.126 e. The first-order valence-electron chi connectivity index (χ1n) is 6.48. The summed E-state index contributed by atoms with van der Waals surface area (Å²) < 4.78 is 19.5. The van der Waals surface area contributed by atoms with Gasteiger partial charge in [0.1, 0.15) is 5.82 Å². The van der Waals surface area contributed by atoms with E-state index in [9.17, 15) is 4.39 Å². The van der Waals surface area contributed by atoms with E-state index in [1.807, 2.05) is 0 Å². The number of halogens is 2. The molecule has 2 aliphatic heterocycles. The minimum atomic E-state index is -0.223. The van der Waals surface area contributed by atoms with Gasteiger partial charge in [-0.2, -0.15) is 0 Å². The van der Waals surface area contributed by atoms with E-state index < -0.39 is 0 Å². The Morgan fingerprint density at radius 1 is 1.44 bits per heavy atom. The van der Waals surface area contributed by atoms with Crippen LogP contribution in [0.1, 0.15) is 24.8 Å². The molecule has 1 aromatic carbocycles. The van der Waals surface area contributed by atoms with Gasteiger partial charge in [0.2, 0.25) is 0 Å². The molecule has 0 aliphatic carbocycles. The summed E-state index contributed by atoms with van der Waals surface area (Å²) in [7, 11) is 0. The van der Waals surface area contributed by atoms with Crippen molar-refractivity contribution in [2.45, 2.75) is 43.9 Å². The average Bonchev–Trinajstić information content (AvgIpc) is 2.96. The highest BCUT2D eigenvalue weighted by Crippen LogP contribution is 2.40.